The molecule has 2 aromatic carbocycles. The highest BCUT2D eigenvalue weighted by atomic mass is 35.5. The van der Waals surface area contributed by atoms with Crippen molar-refractivity contribution in [2.75, 3.05) is 6.54 Å². The lowest BCUT2D eigenvalue weighted by molar-refractivity contribution is -0.120. The predicted molar refractivity (Wildman–Crippen MR) is 106 cm³/mol. The molecule has 4 nitrogen and oxygen atoms in total. The average molecular weight is 379 g/mol. The van der Waals surface area contributed by atoms with Gasteiger partial charge in [-0.15, -0.1) is 0 Å². The van der Waals surface area contributed by atoms with Crippen LogP contribution in [0.25, 0.3) is 11.3 Å². The van der Waals surface area contributed by atoms with Crippen LogP contribution < -0.4 is 10.1 Å². The minimum absolute atomic E-state index is 0.0261. The maximum absolute atomic E-state index is 12.2. The third-order valence-corrected chi connectivity index (χ3v) is 4.83. The lowest BCUT2D eigenvalue weighted by Gasteiger charge is -2.13. The summed E-state index contributed by atoms with van der Waals surface area (Å²) in [5, 5.41) is 3.64. The van der Waals surface area contributed by atoms with Crippen molar-refractivity contribution in [3.05, 3.63) is 83.0 Å². The zero-order chi connectivity index (χ0) is 18.6. The van der Waals surface area contributed by atoms with E-state index >= 15 is 0 Å². The number of pyridine rings is 1. The number of fused-ring (bicyclic) bond motifs is 1. The fraction of sp³-hybridized carbons (Fsp3) is 0.182. The smallest absolute Gasteiger partial charge is 0.224 e. The van der Waals surface area contributed by atoms with E-state index < -0.39 is 0 Å². The van der Waals surface area contributed by atoms with Crippen LogP contribution in [0.5, 0.6) is 5.75 Å². The maximum atomic E-state index is 12.2. The first kappa shape index (κ1) is 17.6. The number of hydrogen-bond acceptors (Lipinski definition) is 3. The third-order valence-electron chi connectivity index (χ3n) is 4.57. The van der Waals surface area contributed by atoms with Crippen LogP contribution in [0.3, 0.4) is 0 Å². The van der Waals surface area contributed by atoms with Crippen molar-refractivity contribution in [2.45, 2.75) is 18.9 Å². The molecule has 0 spiro atoms. The molecule has 1 aromatic heterocycles. The number of carbonyl (C=O) groups is 1. The fourth-order valence-electron chi connectivity index (χ4n) is 3.25. The summed E-state index contributed by atoms with van der Waals surface area (Å²) in [7, 11) is 0. The lowest BCUT2D eigenvalue weighted by Crippen LogP contribution is -2.35. The normalized spacial score (nSPS) is 15.1. The number of halogens is 1. The molecular weight excluding hydrogens is 360 g/mol. The van der Waals surface area contributed by atoms with Crippen molar-refractivity contribution < 1.29 is 9.53 Å². The minimum atomic E-state index is -0.0703. The van der Waals surface area contributed by atoms with Gasteiger partial charge in [-0.25, -0.2) is 0 Å². The highest BCUT2D eigenvalue weighted by molar-refractivity contribution is 6.30. The Balaban J connectivity index is 1.38. The molecule has 136 valence electrons. The van der Waals surface area contributed by atoms with E-state index in [4.69, 9.17) is 16.3 Å². The van der Waals surface area contributed by atoms with Crippen molar-refractivity contribution >= 4 is 17.5 Å². The number of para-hydroxylation sites is 1. The van der Waals surface area contributed by atoms with Gasteiger partial charge in [0, 0.05) is 23.2 Å². The van der Waals surface area contributed by atoms with Gasteiger partial charge in [0.05, 0.1) is 18.7 Å². The zero-order valence-electron chi connectivity index (χ0n) is 14.7. The number of aromatic nitrogens is 1. The van der Waals surface area contributed by atoms with Gasteiger partial charge in [-0.3, -0.25) is 9.78 Å². The van der Waals surface area contributed by atoms with Crippen LogP contribution in [0.4, 0.5) is 0 Å². The van der Waals surface area contributed by atoms with E-state index in [0.29, 0.717) is 18.0 Å². The van der Waals surface area contributed by atoms with Crippen LogP contribution in [-0.2, 0) is 17.6 Å². The zero-order valence-corrected chi connectivity index (χ0v) is 15.4. The number of rotatable bonds is 5. The third kappa shape index (κ3) is 4.12. The molecule has 0 aliphatic carbocycles. The minimum Gasteiger partial charge on any atom is -0.487 e. The van der Waals surface area contributed by atoms with Crippen molar-refractivity contribution in [3.63, 3.8) is 0 Å². The molecule has 1 N–H and O–H groups in total. The van der Waals surface area contributed by atoms with Gasteiger partial charge < -0.3 is 10.1 Å². The molecule has 0 saturated heterocycles. The first-order valence-electron chi connectivity index (χ1n) is 8.90. The van der Waals surface area contributed by atoms with Crippen LogP contribution >= 0.6 is 11.6 Å². The molecule has 0 fully saturated rings. The average Bonchev–Trinajstić information content (AvgIpc) is 3.12. The first-order chi connectivity index (χ1) is 13.2. The Bertz CT molecular complexity index is 942. The molecular formula is C22H19ClN2O2. The molecule has 0 saturated carbocycles. The van der Waals surface area contributed by atoms with Crippen LogP contribution in [-0.4, -0.2) is 23.5 Å². The molecule has 1 amide bonds. The van der Waals surface area contributed by atoms with Gasteiger partial charge in [0.25, 0.3) is 0 Å². The molecule has 3 aromatic rings. The van der Waals surface area contributed by atoms with Gasteiger partial charge in [-0.05, 0) is 41.5 Å². The van der Waals surface area contributed by atoms with Crippen LogP contribution in [0.15, 0.2) is 66.9 Å². The summed E-state index contributed by atoms with van der Waals surface area (Å²) in [6.45, 7) is 0.475. The molecule has 0 bridgehead atoms. The van der Waals surface area contributed by atoms with Gasteiger partial charge in [0.1, 0.15) is 11.9 Å². The second-order valence-electron chi connectivity index (χ2n) is 6.56. The molecule has 2 heterocycles. The Labute approximate surface area is 163 Å². The number of benzene rings is 2. The van der Waals surface area contributed by atoms with E-state index in [0.717, 1.165) is 34.6 Å². The Morgan fingerprint density at radius 1 is 1.11 bits per heavy atom. The van der Waals surface area contributed by atoms with Gasteiger partial charge in [-0.1, -0.05) is 41.9 Å². The highest BCUT2D eigenvalue weighted by Crippen LogP contribution is 2.37. The number of carbonyl (C=O) groups excluding carboxylic acids is 1. The number of hydrogen-bond donors (Lipinski definition) is 1. The SMILES string of the molecule is O=C(Cc1ccc(Cl)cc1)NC[C@H]1Cc2cccc(-c3ccccn3)c2O1. The molecule has 1 atom stereocenters. The van der Waals surface area contributed by atoms with E-state index in [1.165, 1.54) is 0 Å². The Kier molecular flexibility index (Phi) is 5.07. The Morgan fingerprint density at radius 2 is 1.96 bits per heavy atom. The summed E-state index contributed by atoms with van der Waals surface area (Å²) in [5.74, 6) is 0.843. The van der Waals surface area contributed by atoms with E-state index in [1.54, 1.807) is 18.3 Å². The van der Waals surface area contributed by atoms with E-state index in [9.17, 15) is 4.79 Å². The van der Waals surface area contributed by atoms with Crippen LogP contribution in [0.2, 0.25) is 5.02 Å². The van der Waals surface area contributed by atoms with Crippen LogP contribution in [0, 0.1) is 0 Å². The summed E-state index contributed by atoms with van der Waals surface area (Å²) in [6.07, 6.45) is 2.81. The quantitative estimate of drug-likeness (QED) is 0.728. The second kappa shape index (κ2) is 7.80. The molecule has 4 rings (SSSR count). The maximum Gasteiger partial charge on any atom is 0.224 e. The van der Waals surface area contributed by atoms with Crippen molar-refractivity contribution in [2.24, 2.45) is 0 Å². The number of amides is 1. The Morgan fingerprint density at radius 3 is 2.74 bits per heavy atom. The summed E-state index contributed by atoms with van der Waals surface area (Å²) >= 11 is 5.88. The lowest BCUT2D eigenvalue weighted by atomic mass is 10.0. The second-order valence-corrected chi connectivity index (χ2v) is 7.00. The summed E-state index contributed by atoms with van der Waals surface area (Å²) in [5.41, 5.74) is 3.96. The monoisotopic (exact) mass is 378 g/mol. The summed E-state index contributed by atoms with van der Waals surface area (Å²) in [4.78, 5) is 16.6. The molecule has 0 unspecified atom stereocenters. The topological polar surface area (TPSA) is 51.2 Å². The molecule has 0 radical (unpaired) electrons. The summed E-state index contributed by atoms with van der Waals surface area (Å²) in [6, 6.07) is 19.2. The van der Waals surface area contributed by atoms with Crippen LogP contribution in [0.1, 0.15) is 11.1 Å². The van der Waals surface area contributed by atoms with Gasteiger partial charge in [0.15, 0.2) is 0 Å². The summed E-state index contributed by atoms with van der Waals surface area (Å²) < 4.78 is 6.14. The van der Waals surface area contributed by atoms with Gasteiger partial charge in [-0.2, -0.15) is 0 Å². The molecule has 1 aliphatic heterocycles. The number of ether oxygens (including phenoxy) is 1. The van der Waals surface area contributed by atoms with E-state index in [1.807, 2.05) is 42.5 Å². The van der Waals surface area contributed by atoms with Crippen molar-refractivity contribution in [3.8, 4) is 17.0 Å². The highest BCUT2D eigenvalue weighted by Gasteiger charge is 2.26. The largest absolute Gasteiger partial charge is 0.487 e. The van der Waals surface area contributed by atoms with Crippen molar-refractivity contribution in [1.29, 1.82) is 0 Å². The fourth-order valence-corrected chi connectivity index (χ4v) is 3.38. The van der Waals surface area contributed by atoms with Gasteiger partial charge in [0.2, 0.25) is 5.91 Å². The molecule has 5 heteroatoms. The Hall–Kier alpha value is -2.85. The first-order valence-corrected chi connectivity index (χ1v) is 9.28. The van der Waals surface area contributed by atoms with E-state index in [-0.39, 0.29) is 12.0 Å². The number of nitrogens with one attached hydrogen (secondary N) is 1. The van der Waals surface area contributed by atoms with Crippen molar-refractivity contribution in [1.82, 2.24) is 10.3 Å². The number of nitrogens with zero attached hydrogens (tertiary/aromatic N) is 1. The molecule has 1 aliphatic rings. The standard InChI is InChI=1S/C22H19ClN2O2/c23-17-9-7-15(8-10-17)12-21(26)25-14-18-13-16-4-3-5-19(22(16)27-18)20-6-1-2-11-24-20/h1-11,18H,12-14H2,(H,25,26)/t18-/m1/s1. The predicted octanol–water partition coefficient (Wildman–Crippen LogP) is 4.06. The molecule has 27 heavy (non-hydrogen) atoms. The van der Waals surface area contributed by atoms with Gasteiger partial charge >= 0.3 is 0 Å². The van der Waals surface area contributed by atoms with E-state index in [2.05, 4.69) is 16.4 Å².